The summed E-state index contributed by atoms with van der Waals surface area (Å²) in [5.74, 6) is 0.864. The first kappa shape index (κ1) is 22.3. The number of rotatable bonds is 8. The Hall–Kier alpha value is -2.85. The molecule has 0 saturated carbocycles. The Labute approximate surface area is 190 Å². The summed E-state index contributed by atoms with van der Waals surface area (Å²) in [7, 11) is -3.50. The third-order valence-electron chi connectivity index (χ3n) is 5.65. The molecule has 3 heterocycles. The Bertz CT molecular complexity index is 1420. The topological polar surface area (TPSA) is 112 Å². The molecule has 0 saturated heterocycles. The number of pyridine rings is 1. The third kappa shape index (κ3) is 3.88. The van der Waals surface area contributed by atoms with Gasteiger partial charge in [-0.05, 0) is 78.5 Å². The molecule has 9 nitrogen and oxygen atoms in total. The molecule has 4 aromatic rings. The summed E-state index contributed by atoms with van der Waals surface area (Å²) in [6, 6.07) is 5.69. The SMILES string of the molecule is CCCc1nc2c(c(C)c(C)n3nnnc23)n1CCCS(=O)(=O)c1ccc(C(=O)Cl)cc1. The molecule has 11 heteroatoms. The fraction of sp³-hybridized carbons (Fsp3) is 0.381. The standard InChI is InChI=1S/C21H23ClN6O3S/c1-4-6-17-23-18-19(13(2)14(3)28-21(18)24-25-26-28)27(17)11-5-12-32(30,31)16-9-7-15(8-10-16)20(22)29/h7-10H,4-6,11-12H2,1-3H3. The lowest BCUT2D eigenvalue weighted by atomic mass is 10.2. The van der Waals surface area contributed by atoms with Gasteiger partial charge in [0.1, 0.15) is 11.3 Å². The van der Waals surface area contributed by atoms with Crippen molar-refractivity contribution in [2.75, 3.05) is 5.75 Å². The van der Waals surface area contributed by atoms with Crippen LogP contribution in [0.25, 0.3) is 16.7 Å². The summed E-state index contributed by atoms with van der Waals surface area (Å²) in [5.41, 5.74) is 4.46. The van der Waals surface area contributed by atoms with Gasteiger partial charge in [-0.25, -0.2) is 13.4 Å². The number of imidazole rings is 1. The fourth-order valence-corrected chi connectivity index (χ4v) is 5.33. The van der Waals surface area contributed by atoms with Crippen LogP contribution < -0.4 is 0 Å². The number of aromatic nitrogens is 6. The van der Waals surface area contributed by atoms with Gasteiger partial charge in [0, 0.05) is 24.2 Å². The van der Waals surface area contributed by atoms with E-state index in [-0.39, 0.29) is 16.2 Å². The number of fused-ring (bicyclic) bond motifs is 3. The molecular formula is C21H23ClN6O3S. The molecule has 0 aliphatic heterocycles. The van der Waals surface area contributed by atoms with Crippen LogP contribution in [-0.2, 0) is 22.8 Å². The van der Waals surface area contributed by atoms with Gasteiger partial charge < -0.3 is 4.57 Å². The lowest BCUT2D eigenvalue weighted by molar-refractivity contribution is 0.108. The molecule has 168 valence electrons. The molecule has 0 radical (unpaired) electrons. The van der Waals surface area contributed by atoms with E-state index >= 15 is 0 Å². The third-order valence-corrected chi connectivity index (χ3v) is 7.69. The number of nitrogens with zero attached hydrogens (tertiary/aromatic N) is 6. The summed E-state index contributed by atoms with van der Waals surface area (Å²) >= 11 is 5.44. The zero-order valence-electron chi connectivity index (χ0n) is 18.0. The van der Waals surface area contributed by atoms with E-state index in [0.29, 0.717) is 18.6 Å². The second-order valence-corrected chi connectivity index (χ2v) is 10.2. The van der Waals surface area contributed by atoms with E-state index in [1.165, 1.54) is 24.3 Å². The Morgan fingerprint density at radius 1 is 1.16 bits per heavy atom. The monoisotopic (exact) mass is 474 g/mol. The first-order chi connectivity index (χ1) is 15.2. The smallest absolute Gasteiger partial charge is 0.252 e. The molecule has 3 aromatic heterocycles. The molecule has 0 fully saturated rings. The number of benzene rings is 1. The van der Waals surface area contributed by atoms with Crippen molar-refractivity contribution in [3.05, 3.63) is 46.9 Å². The molecule has 0 aliphatic carbocycles. The van der Waals surface area contributed by atoms with Gasteiger partial charge in [-0.1, -0.05) is 6.92 Å². The van der Waals surface area contributed by atoms with Crippen LogP contribution in [0.1, 0.15) is 47.2 Å². The van der Waals surface area contributed by atoms with Crippen LogP contribution in [0.2, 0.25) is 0 Å². The number of hydrogen-bond acceptors (Lipinski definition) is 7. The van der Waals surface area contributed by atoms with E-state index in [0.717, 1.165) is 41.0 Å². The molecule has 0 bridgehead atoms. The Morgan fingerprint density at radius 3 is 2.53 bits per heavy atom. The Kier molecular flexibility index (Phi) is 6.00. The number of tetrazole rings is 1. The van der Waals surface area contributed by atoms with Crippen LogP contribution in [-0.4, -0.2) is 49.0 Å². The number of hydrogen-bond donors (Lipinski definition) is 0. The summed E-state index contributed by atoms with van der Waals surface area (Å²) in [6.07, 6.45) is 2.09. The largest absolute Gasteiger partial charge is 0.328 e. The highest BCUT2D eigenvalue weighted by molar-refractivity contribution is 7.91. The average molecular weight is 475 g/mol. The zero-order valence-corrected chi connectivity index (χ0v) is 19.6. The molecule has 0 amide bonds. The molecule has 4 rings (SSSR count). The summed E-state index contributed by atoms with van der Waals surface area (Å²) in [4.78, 5) is 16.2. The maximum absolute atomic E-state index is 12.8. The van der Waals surface area contributed by atoms with Crippen molar-refractivity contribution in [3.63, 3.8) is 0 Å². The van der Waals surface area contributed by atoms with Crippen molar-refractivity contribution in [2.45, 2.75) is 51.5 Å². The minimum absolute atomic E-state index is 0.0286. The van der Waals surface area contributed by atoms with Crippen LogP contribution in [0.15, 0.2) is 29.2 Å². The zero-order chi connectivity index (χ0) is 23.0. The van der Waals surface area contributed by atoms with Gasteiger partial charge >= 0.3 is 0 Å². The van der Waals surface area contributed by atoms with Crippen molar-refractivity contribution in [1.29, 1.82) is 0 Å². The number of aryl methyl sites for hydroxylation is 4. The number of sulfone groups is 1. The molecule has 0 N–H and O–H groups in total. The minimum Gasteiger partial charge on any atom is -0.328 e. The van der Waals surface area contributed by atoms with E-state index < -0.39 is 15.1 Å². The minimum atomic E-state index is -3.50. The normalized spacial score (nSPS) is 12.1. The van der Waals surface area contributed by atoms with E-state index in [2.05, 4.69) is 27.0 Å². The average Bonchev–Trinajstić information content (AvgIpc) is 3.38. The number of halogens is 1. The van der Waals surface area contributed by atoms with Crippen molar-refractivity contribution in [2.24, 2.45) is 0 Å². The quantitative estimate of drug-likeness (QED) is 0.360. The van der Waals surface area contributed by atoms with Gasteiger partial charge in [-0.2, -0.15) is 4.52 Å². The second-order valence-electron chi connectivity index (χ2n) is 7.72. The van der Waals surface area contributed by atoms with Gasteiger partial charge in [0.2, 0.25) is 5.65 Å². The lowest BCUT2D eigenvalue weighted by Gasteiger charge is -2.12. The van der Waals surface area contributed by atoms with Crippen LogP contribution in [0.3, 0.4) is 0 Å². The van der Waals surface area contributed by atoms with E-state index in [4.69, 9.17) is 16.6 Å². The first-order valence-corrected chi connectivity index (χ1v) is 12.4. The highest BCUT2D eigenvalue weighted by Crippen LogP contribution is 2.27. The van der Waals surface area contributed by atoms with Gasteiger partial charge in [-0.15, -0.1) is 5.10 Å². The van der Waals surface area contributed by atoms with Crippen LogP contribution in [0, 0.1) is 13.8 Å². The predicted octanol–water partition coefficient (Wildman–Crippen LogP) is 3.29. The molecule has 32 heavy (non-hydrogen) atoms. The fourth-order valence-electron chi connectivity index (χ4n) is 3.91. The van der Waals surface area contributed by atoms with E-state index in [1.54, 1.807) is 4.52 Å². The van der Waals surface area contributed by atoms with Gasteiger partial charge in [0.25, 0.3) is 5.24 Å². The molecule has 0 unspecified atom stereocenters. The van der Waals surface area contributed by atoms with Gasteiger partial charge in [0.15, 0.2) is 9.84 Å². The van der Waals surface area contributed by atoms with Crippen molar-refractivity contribution in [3.8, 4) is 0 Å². The molecule has 0 aliphatic rings. The van der Waals surface area contributed by atoms with E-state index in [9.17, 15) is 13.2 Å². The van der Waals surface area contributed by atoms with Crippen LogP contribution in [0.5, 0.6) is 0 Å². The second kappa shape index (κ2) is 8.59. The maximum atomic E-state index is 12.8. The lowest BCUT2D eigenvalue weighted by Crippen LogP contribution is -2.12. The predicted molar refractivity (Wildman–Crippen MR) is 121 cm³/mol. The molecule has 0 spiro atoms. The van der Waals surface area contributed by atoms with Gasteiger partial charge in [0.05, 0.1) is 16.2 Å². The highest BCUT2D eigenvalue weighted by atomic mass is 35.5. The summed E-state index contributed by atoms with van der Waals surface area (Å²) in [5, 5.41) is 11.4. The number of carbonyl (C=O) groups excluding carboxylic acids is 1. The Morgan fingerprint density at radius 2 is 1.88 bits per heavy atom. The molecular weight excluding hydrogens is 452 g/mol. The van der Waals surface area contributed by atoms with Crippen molar-refractivity contribution >= 4 is 43.4 Å². The molecule has 0 atom stereocenters. The highest BCUT2D eigenvalue weighted by Gasteiger charge is 2.21. The van der Waals surface area contributed by atoms with Crippen molar-refractivity contribution < 1.29 is 13.2 Å². The van der Waals surface area contributed by atoms with Crippen molar-refractivity contribution in [1.82, 2.24) is 29.6 Å². The van der Waals surface area contributed by atoms with E-state index in [1.807, 2.05) is 13.8 Å². The summed E-state index contributed by atoms with van der Waals surface area (Å²) in [6.45, 7) is 6.54. The molecule has 1 aromatic carbocycles. The Balaban J connectivity index is 1.64. The van der Waals surface area contributed by atoms with Crippen LogP contribution >= 0.6 is 11.6 Å². The first-order valence-electron chi connectivity index (χ1n) is 10.3. The summed E-state index contributed by atoms with van der Waals surface area (Å²) < 4.78 is 29.4. The maximum Gasteiger partial charge on any atom is 0.252 e. The van der Waals surface area contributed by atoms with Gasteiger partial charge in [-0.3, -0.25) is 4.79 Å². The number of carbonyl (C=O) groups is 1. The van der Waals surface area contributed by atoms with Crippen LogP contribution in [0.4, 0.5) is 0 Å².